The fourth-order valence-corrected chi connectivity index (χ4v) is 5.74. The van der Waals surface area contributed by atoms with E-state index in [4.69, 9.17) is 11.6 Å². The summed E-state index contributed by atoms with van der Waals surface area (Å²) in [4.78, 5) is 17.1. The summed E-state index contributed by atoms with van der Waals surface area (Å²) in [6.07, 6.45) is -2.09. The first-order valence-corrected chi connectivity index (χ1v) is 12.1. The third-order valence-electron chi connectivity index (χ3n) is 5.77. The molecule has 1 aliphatic rings. The van der Waals surface area contributed by atoms with E-state index in [2.05, 4.69) is 10.3 Å². The van der Waals surface area contributed by atoms with E-state index in [1.807, 2.05) is 0 Å². The molecule has 0 bridgehead atoms. The molecule has 1 aromatic heterocycles. The number of hydrogen-bond donors (Lipinski definition) is 1. The molecule has 2 aromatic carbocycles. The molecule has 4 rings (SSSR count). The van der Waals surface area contributed by atoms with Crippen LogP contribution in [0.4, 0.5) is 23.2 Å². The van der Waals surface area contributed by atoms with Crippen LogP contribution in [0.2, 0.25) is 5.02 Å². The van der Waals surface area contributed by atoms with Gasteiger partial charge in [0.1, 0.15) is 5.82 Å². The summed E-state index contributed by atoms with van der Waals surface area (Å²) in [5, 5.41) is 1.52. The normalized spacial score (nSPS) is 19.1. The average Bonchev–Trinajstić information content (AvgIpc) is 3.42. The SMILES string of the molecule is Cn1cnc(S(=O)(=O)N2CC(C(=O)Nc3cccc(C(F)(F)F)c3Cl)C(c3ccc(F)cc3)C2)c1. The van der Waals surface area contributed by atoms with E-state index in [0.29, 0.717) is 5.56 Å². The number of sulfonamides is 1. The summed E-state index contributed by atoms with van der Waals surface area (Å²) in [6, 6.07) is 8.36. The second-order valence-electron chi connectivity index (χ2n) is 8.12. The Labute approximate surface area is 203 Å². The lowest BCUT2D eigenvalue weighted by atomic mass is 9.88. The van der Waals surface area contributed by atoms with Gasteiger partial charge in [-0.05, 0) is 29.8 Å². The highest BCUT2D eigenvalue weighted by Gasteiger charge is 2.44. The molecule has 7 nitrogen and oxygen atoms in total. The standard InChI is InChI=1S/C22H19ClF4N4O3S/c1-30-11-19(28-12-30)35(33,34)31-9-15(13-5-7-14(24)8-6-13)16(10-31)21(32)29-18-4-2-3-17(20(18)23)22(25,26)27/h2-8,11-12,15-16H,9-10H2,1H3,(H,29,32). The van der Waals surface area contributed by atoms with Gasteiger partial charge in [0.25, 0.3) is 10.0 Å². The monoisotopic (exact) mass is 530 g/mol. The quantitative estimate of drug-likeness (QED) is 0.499. The van der Waals surface area contributed by atoms with Crippen LogP contribution in [-0.4, -0.2) is 41.3 Å². The number of alkyl halides is 3. The number of halogens is 5. The molecule has 0 radical (unpaired) electrons. The van der Waals surface area contributed by atoms with Crippen molar-refractivity contribution in [2.45, 2.75) is 17.1 Å². The van der Waals surface area contributed by atoms with Crippen LogP contribution < -0.4 is 5.32 Å². The van der Waals surface area contributed by atoms with Crippen molar-refractivity contribution in [2.75, 3.05) is 18.4 Å². The number of carbonyl (C=O) groups excluding carboxylic acids is 1. The van der Waals surface area contributed by atoms with E-state index in [-0.39, 0.29) is 23.8 Å². The summed E-state index contributed by atoms with van der Waals surface area (Å²) in [5.41, 5.74) is -0.867. The summed E-state index contributed by atoms with van der Waals surface area (Å²) < 4.78 is 81.9. The van der Waals surface area contributed by atoms with Gasteiger partial charge in [-0.25, -0.2) is 17.8 Å². The number of nitrogens with zero attached hydrogens (tertiary/aromatic N) is 3. The first-order valence-electron chi connectivity index (χ1n) is 10.3. The molecule has 0 saturated carbocycles. The third kappa shape index (κ3) is 5.04. The Hall–Kier alpha value is -2.96. The highest BCUT2D eigenvalue weighted by molar-refractivity contribution is 7.89. The molecular formula is C22H19ClF4N4O3S. The summed E-state index contributed by atoms with van der Waals surface area (Å²) in [6.45, 7) is -0.373. The first-order chi connectivity index (χ1) is 16.4. The molecule has 1 N–H and O–H groups in total. The van der Waals surface area contributed by atoms with Crippen LogP contribution in [0.25, 0.3) is 0 Å². The molecule has 1 amide bonds. The Balaban J connectivity index is 1.67. The van der Waals surface area contributed by atoms with Gasteiger partial charge in [0.05, 0.1) is 28.5 Å². The van der Waals surface area contributed by atoms with E-state index in [1.165, 1.54) is 47.4 Å². The molecule has 0 aliphatic carbocycles. The number of nitrogens with one attached hydrogen (secondary N) is 1. The number of aromatic nitrogens is 2. The van der Waals surface area contributed by atoms with Crippen LogP contribution in [0.5, 0.6) is 0 Å². The lowest BCUT2D eigenvalue weighted by molar-refractivity contribution is -0.137. The number of aryl methyl sites for hydroxylation is 1. The van der Waals surface area contributed by atoms with E-state index in [1.54, 1.807) is 7.05 Å². The number of anilines is 1. The average molecular weight is 531 g/mol. The van der Waals surface area contributed by atoms with Gasteiger partial charge in [-0.2, -0.15) is 17.5 Å². The van der Waals surface area contributed by atoms with Crippen molar-refractivity contribution in [2.24, 2.45) is 13.0 Å². The maximum absolute atomic E-state index is 13.5. The van der Waals surface area contributed by atoms with Crippen LogP contribution in [0.3, 0.4) is 0 Å². The molecule has 2 heterocycles. The number of benzene rings is 2. The highest BCUT2D eigenvalue weighted by atomic mass is 35.5. The molecule has 1 aliphatic heterocycles. The van der Waals surface area contributed by atoms with Crippen molar-refractivity contribution >= 4 is 33.2 Å². The van der Waals surface area contributed by atoms with Gasteiger partial charge in [0, 0.05) is 32.3 Å². The Morgan fingerprint density at radius 1 is 1.14 bits per heavy atom. The number of hydrogen-bond acceptors (Lipinski definition) is 4. The molecular weight excluding hydrogens is 512 g/mol. The molecule has 1 fully saturated rings. The van der Waals surface area contributed by atoms with E-state index >= 15 is 0 Å². The maximum Gasteiger partial charge on any atom is 0.417 e. The van der Waals surface area contributed by atoms with Crippen LogP contribution in [0.15, 0.2) is 60.0 Å². The number of rotatable bonds is 5. The second-order valence-corrected chi connectivity index (χ2v) is 10.4. The van der Waals surface area contributed by atoms with E-state index < -0.39 is 50.3 Å². The Morgan fingerprint density at radius 2 is 1.83 bits per heavy atom. The number of amides is 1. The van der Waals surface area contributed by atoms with Gasteiger partial charge in [0.2, 0.25) is 5.91 Å². The zero-order valence-corrected chi connectivity index (χ0v) is 19.7. The maximum atomic E-state index is 13.5. The van der Waals surface area contributed by atoms with Crippen molar-refractivity contribution in [3.8, 4) is 0 Å². The van der Waals surface area contributed by atoms with Gasteiger partial charge in [0.15, 0.2) is 5.03 Å². The molecule has 1 saturated heterocycles. The molecule has 35 heavy (non-hydrogen) atoms. The molecule has 3 aromatic rings. The van der Waals surface area contributed by atoms with Crippen molar-refractivity contribution in [3.63, 3.8) is 0 Å². The molecule has 0 spiro atoms. The zero-order chi connectivity index (χ0) is 25.5. The van der Waals surface area contributed by atoms with Gasteiger partial charge in [-0.1, -0.05) is 29.8 Å². The Bertz CT molecular complexity index is 1360. The molecule has 2 atom stereocenters. The molecule has 13 heteroatoms. The van der Waals surface area contributed by atoms with Crippen LogP contribution >= 0.6 is 11.6 Å². The smallest absolute Gasteiger partial charge is 0.339 e. The fourth-order valence-electron chi connectivity index (χ4n) is 4.00. The summed E-state index contributed by atoms with van der Waals surface area (Å²) in [7, 11) is -2.46. The van der Waals surface area contributed by atoms with E-state index in [0.717, 1.165) is 16.4 Å². The minimum Gasteiger partial charge on any atom is -0.339 e. The van der Waals surface area contributed by atoms with Crippen LogP contribution in [0.1, 0.15) is 17.0 Å². The van der Waals surface area contributed by atoms with Crippen LogP contribution in [0, 0.1) is 11.7 Å². The fraction of sp³-hybridized carbons (Fsp3) is 0.273. The molecule has 2 unspecified atom stereocenters. The predicted octanol–water partition coefficient (Wildman–Crippen LogP) is 4.27. The first kappa shape index (κ1) is 25.1. The lowest BCUT2D eigenvalue weighted by Crippen LogP contribution is -2.32. The van der Waals surface area contributed by atoms with Gasteiger partial charge >= 0.3 is 6.18 Å². The molecule has 186 valence electrons. The minimum atomic E-state index is -4.73. The largest absolute Gasteiger partial charge is 0.417 e. The second kappa shape index (κ2) is 9.25. The third-order valence-corrected chi connectivity index (χ3v) is 7.89. The summed E-state index contributed by atoms with van der Waals surface area (Å²) in [5.74, 6) is -2.93. The van der Waals surface area contributed by atoms with Crippen molar-refractivity contribution in [1.82, 2.24) is 13.9 Å². The van der Waals surface area contributed by atoms with E-state index in [9.17, 15) is 30.8 Å². The zero-order valence-electron chi connectivity index (χ0n) is 18.1. The Morgan fingerprint density at radius 3 is 2.43 bits per heavy atom. The van der Waals surface area contributed by atoms with Gasteiger partial charge < -0.3 is 9.88 Å². The topological polar surface area (TPSA) is 84.3 Å². The predicted molar refractivity (Wildman–Crippen MR) is 120 cm³/mol. The lowest BCUT2D eigenvalue weighted by Gasteiger charge is -2.19. The van der Waals surface area contributed by atoms with Crippen molar-refractivity contribution in [3.05, 3.63) is 77.0 Å². The van der Waals surface area contributed by atoms with Gasteiger partial charge in [-0.3, -0.25) is 4.79 Å². The Kier molecular flexibility index (Phi) is 6.64. The van der Waals surface area contributed by atoms with Crippen molar-refractivity contribution < 1.29 is 30.8 Å². The van der Waals surface area contributed by atoms with Crippen molar-refractivity contribution in [1.29, 1.82) is 0 Å². The number of carbonyl (C=O) groups is 1. The minimum absolute atomic E-state index is 0.112. The summed E-state index contributed by atoms with van der Waals surface area (Å²) >= 11 is 5.91. The van der Waals surface area contributed by atoms with Gasteiger partial charge in [-0.15, -0.1) is 0 Å². The highest BCUT2D eigenvalue weighted by Crippen LogP contribution is 2.40. The number of imidazole rings is 1. The van der Waals surface area contributed by atoms with Crippen LogP contribution in [-0.2, 0) is 28.0 Å².